The molecule has 6 aromatic rings. The van der Waals surface area contributed by atoms with E-state index in [0.717, 1.165) is 50.7 Å². The van der Waals surface area contributed by atoms with Crippen LogP contribution in [-0.4, -0.2) is 73.0 Å². The molecule has 6 aromatic carbocycles. The lowest BCUT2D eigenvalue weighted by atomic mass is 9.77. The van der Waals surface area contributed by atoms with Crippen molar-refractivity contribution in [1.29, 1.82) is 0 Å². The number of nitro benzene ring substituents is 1. The molecule has 0 aliphatic heterocycles. The summed E-state index contributed by atoms with van der Waals surface area (Å²) in [6, 6.07) is 46.7. The fourth-order valence-electron chi connectivity index (χ4n) is 8.30. The Labute approximate surface area is 394 Å². The first kappa shape index (κ1) is 47.8. The lowest BCUT2D eigenvalue weighted by molar-refractivity contribution is -0.385. The van der Waals surface area contributed by atoms with E-state index in [1.807, 2.05) is 140 Å². The van der Waals surface area contributed by atoms with Crippen molar-refractivity contribution in [2.24, 2.45) is 0 Å². The summed E-state index contributed by atoms with van der Waals surface area (Å²) in [7, 11) is 2.76. The Hall–Kier alpha value is -7.16. The van der Waals surface area contributed by atoms with E-state index >= 15 is 0 Å². The number of rotatable bonds is 19. The quantitative estimate of drug-likeness (QED) is 0.0260. The minimum atomic E-state index is -1.27. The molecule has 0 radical (unpaired) electrons. The van der Waals surface area contributed by atoms with Gasteiger partial charge in [0.15, 0.2) is 11.5 Å². The predicted octanol–water partition coefficient (Wildman–Crippen LogP) is 9.59. The van der Waals surface area contributed by atoms with Crippen molar-refractivity contribution >= 4 is 35.5 Å². The summed E-state index contributed by atoms with van der Waals surface area (Å²) in [5.41, 5.74) is 4.66. The van der Waals surface area contributed by atoms with Gasteiger partial charge in [-0.1, -0.05) is 140 Å². The van der Waals surface area contributed by atoms with Gasteiger partial charge >= 0.3 is 18.0 Å². The summed E-state index contributed by atoms with van der Waals surface area (Å²) in [6.45, 7) is 4.64. The standard InChI is InChI=1S/C53H53N3O10S/c1-52(2,3)66-49(57)44(55-51(59)65-33-43-41-27-17-15-25-39(41)40-26-16-18-28-42(40)43)34-67-48(50(58)64-32-35-29-46(62-4)47(63-5)30-45(35)56(60)61)31-54-53(36-19-9-6-10-20-36,37-21-11-7-12-22-37)38-23-13-8-14-24-38/h6-30,43-44,48,54H,31-34H2,1-5H3,(H,55,59)/t44-,48?/m1/s1. The number of carbonyl (C=O) groups excluding carboxylic acids is 3. The first-order chi connectivity index (χ1) is 32.3. The van der Waals surface area contributed by atoms with E-state index in [1.54, 1.807) is 20.8 Å². The van der Waals surface area contributed by atoms with Crippen LogP contribution in [0.4, 0.5) is 10.5 Å². The molecule has 67 heavy (non-hydrogen) atoms. The molecule has 1 aliphatic rings. The van der Waals surface area contributed by atoms with Crippen LogP contribution in [-0.2, 0) is 35.9 Å². The van der Waals surface area contributed by atoms with E-state index in [1.165, 1.54) is 26.4 Å². The number of thioether (sulfide) groups is 1. The van der Waals surface area contributed by atoms with Crippen LogP contribution in [0.3, 0.4) is 0 Å². The van der Waals surface area contributed by atoms with E-state index in [9.17, 15) is 24.5 Å². The van der Waals surface area contributed by atoms with E-state index in [4.69, 9.17) is 23.7 Å². The van der Waals surface area contributed by atoms with Gasteiger partial charge in [0.05, 0.1) is 36.3 Å². The fourth-order valence-corrected chi connectivity index (χ4v) is 9.35. The van der Waals surface area contributed by atoms with Crippen molar-refractivity contribution < 1.29 is 43.0 Å². The minimum absolute atomic E-state index is 0.00966. The molecule has 1 amide bonds. The second kappa shape index (κ2) is 21.4. The van der Waals surface area contributed by atoms with Crippen LogP contribution in [0.25, 0.3) is 11.1 Å². The molecule has 14 heteroatoms. The van der Waals surface area contributed by atoms with Gasteiger partial charge in [-0.2, -0.15) is 0 Å². The van der Waals surface area contributed by atoms with E-state index < -0.39 is 52.0 Å². The number of fused-ring (bicyclic) bond motifs is 3. The summed E-state index contributed by atoms with van der Waals surface area (Å²) in [5, 5.41) is 17.6. The Bertz CT molecular complexity index is 2540. The van der Waals surface area contributed by atoms with Crippen molar-refractivity contribution in [2.45, 2.75) is 55.7 Å². The number of methoxy groups -OCH3 is 2. The highest BCUT2D eigenvalue weighted by Gasteiger charge is 2.39. The molecule has 0 aromatic heterocycles. The second-order valence-electron chi connectivity index (χ2n) is 16.8. The molecule has 1 aliphatic carbocycles. The number of hydrogen-bond donors (Lipinski definition) is 2. The summed E-state index contributed by atoms with van der Waals surface area (Å²) in [4.78, 5) is 53.8. The zero-order valence-electron chi connectivity index (χ0n) is 37.9. The highest BCUT2D eigenvalue weighted by Crippen LogP contribution is 2.45. The van der Waals surface area contributed by atoms with Crippen LogP contribution in [0, 0.1) is 10.1 Å². The summed E-state index contributed by atoms with van der Waals surface area (Å²) in [6.07, 6.45) is -0.840. The maximum absolute atomic E-state index is 14.5. The Morgan fingerprint density at radius 1 is 0.687 bits per heavy atom. The number of ether oxygens (including phenoxy) is 5. The van der Waals surface area contributed by atoms with Crippen LogP contribution in [0.5, 0.6) is 11.5 Å². The first-order valence-electron chi connectivity index (χ1n) is 21.8. The van der Waals surface area contributed by atoms with Crippen LogP contribution < -0.4 is 20.1 Å². The van der Waals surface area contributed by atoms with Crippen LogP contribution in [0.1, 0.15) is 60.1 Å². The molecule has 0 heterocycles. The Morgan fingerprint density at radius 2 is 1.18 bits per heavy atom. The number of amides is 1. The van der Waals surface area contributed by atoms with Gasteiger partial charge in [-0.25, -0.2) is 9.59 Å². The number of alkyl carbamates (subject to hydrolysis) is 1. The van der Waals surface area contributed by atoms with E-state index in [-0.39, 0.29) is 47.6 Å². The molecular weight excluding hydrogens is 871 g/mol. The highest BCUT2D eigenvalue weighted by molar-refractivity contribution is 8.00. The molecule has 0 fully saturated rings. The second-order valence-corrected chi connectivity index (χ2v) is 18.0. The zero-order chi connectivity index (χ0) is 47.6. The monoisotopic (exact) mass is 923 g/mol. The Balaban J connectivity index is 1.19. The topological polar surface area (TPSA) is 165 Å². The van der Waals surface area contributed by atoms with Gasteiger partial charge in [0.25, 0.3) is 5.69 Å². The third-order valence-electron chi connectivity index (χ3n) is 11.4. The number of esters is 2. The van der Waals surface area contributed by atoms with Gasteiger partial charge in [-0.15, -0.1) is 11.8 Å². The molecule has 2 N–H and O–H groups in total. The molecule has 0 saturated heterocycles. The zero-order valence-corrected chi connectivity index (χ0v) is 38.7. The van der Waals surface area contributed by atoms with E-state index in [0.29, 0.717) is 0 Å². The molecular formula is C53H53N3O10S. The lowest BCUT2D eigenvalue weighted by Gasteiger charge is -2.38. The van der Waals surface area contributed by atoms with Gasteiger partial charge in [0.1, 0.15) is 30.1 Å². The first-order valence-corrected chi connectivity index (χ1v) is 22.8. The van der Waals surface area contributed by atoms with Gasteiger partial charge in [-0.05, 0) is 65.8 Å². The summed E-state index contributed by atoms with van der Waals surface area (Å²) in [5.74, 6) is -1.50. The van der Waals surface area contributed by atoms with Gasteiger partial charge in [0.2, 0.25) is 0 Å². The van der Waals surface area contributed by atoms with Crippen molar-refractivity contribution in [3.8, 4) is 22.6 Å². The highest BCUT2D eigenvalue weighted by atomic mass is 32.2. The predicted molar refractivity (Wildman–Crippen MR) is 257 cm³/mol. The van der Waals surface area contributed by atoms with Gasteiger partial charge in [0, 0.05) is 18.2 Å². The molecule has 2 atom stereocenters. The third kappa shape index (κ3) is 11.1. The minimum Gasteiger partial charge on any atom is -0.493 e. The normalized spacial score (nSPS) is 13.0. The molecule has 0 bridgehead atoms. The largest absolute Gasteiger partial charge is 0.493 e. The summed E-state index contributed by atoms with van der Waals surface area (Å²) >= 11 is 1.06. The molecule has 346 valence electrons. The fraction of sp³-hybridized carbons (Fsp3) is 0.264. The van der Waals surface area contributed by atoms with Crippen molar-refractivity contribution in [1.82, 2.24) is 10.6 Å². The van der Waals surface area contributed by atoms with Gasteiger partial charge in [-0.3, -0.25) is 20.2 Å². The molecule has 7 rings (SSSR count). The average molecular weight is 924 g/mol. The number of nitrogens with one attached hydrogen (secondary N) is 2. The smallest absolute Gasteiger partial charge is 0.407 e. The van der Waals surface area contributed by atoms with Crippen LogP contribution in [0.15, 0.2) is 152 Å². The number of nitrogens with zero attached hydrogens (tertiary/aromatic N) is 1. The van der Waals surface area contributed by atoms with E-state index in [2.05, 4.69) is 10.6 Å². The molecule has 1 unspecified atom stereocenters. The SMILES string of the molecule is COc1cc(COC(=O)C(CNC(c2ccccc2)(c2ccccc2)c2ccccc2)SC[C@@H](NC(=O)OCC2c3ccccc3-c3ccccc32)C(=O)OC(C)(C)C)c([N+](=O)[O-])cc1OC. The summed E-state index contributed by atoms with van der Waals surface area (Å²) < 4.78 is 28.3. The van der Waals surface area contributed by atoms with Crippen molar-refractivity contribution in [3.05, 3.63) is 195 Å². The molecule has 13 nitrogen and oxygen atoms in total. The third-order valence-corrected chi connectivity index (χ3v) is 12.7. The van der Waals surface area contributed by atoms with Crippen LogP contribution >= 0.6 is 11.8 Å². The van der Waals surface area contributed by atoms with Crippen LogP contribution in [0.2, 0.25) is 0 Å². The number of carbonyl (C=O) groups is 3. The molecule has 0 saturated carbocycles. The molecule has 0 spiro atoms. The average Bonchev–Trinajstić information content (AvgIpc) is 3.66. The number of nitro groups is 1. The number of benzene rings is 6. The maximum Gasteiger partial charge on any atom is 0.407 e. The maximum atomic E-state index is 14.5. The van der Waals surface area contributed by atoms with Crippen molar-refractivity contribution in [3.63, 3.8) is 0 Å². The Morgan fingerprint density at radius 3 is 1.67 bits per heavy atom. The lowest BCUT2D eigenvalue weighted by Crippen LogP contribution is -2.49. The van der Waals surface area contributed by atoms with Crippen molar-refractivity contribution in [2.75, 3.05) is 33.1 Å². The Kier molecular flexibility index (Phi) is 15.3. The number of hydrogen-bond acceptors (Lipinski definition) is 12. The van der Waals surface area contributed by atoms with Gasteiger partial charge < -0.3 is 29.0 Å².